The molecule has 0 spiro atoms. The Labute approximate surface area is 206 Å². The second-order valence-electron chi connectivity index (χ2n) is 8.05. The van der Waals surface area contributed by atoms with Gasteiger partial charge in [-0.2, -0.15) is 0 Å². The summed E-state index contributed by atoms with van der Waals surface area (Å²) in [6.45, 7) is 0.0515. The van der Waals surface area contributed by atoms with Crippen molar-refractivity contribution in [2.75, 3.05) is 11.9 Å². The summed E-state index contributed by atoms with van der Waals surface area (Å²) in [4.78, 5) is 36.9. The van der Waals surface area contributed by atoms with Crippen LogP contribution in [-0.4, -0.2) is 50.3 Å². The van der Waals surface area contributed by atoms with E-state index in [-0.39, 0.29) is 27.1 Å². The van der Waals surface area contributed by atoms with E-state index in [1.807, 2.05) is 48.5 Å². The third-order valence-corrected chi connectivity index (χ3v) is 7.01. The van der Waals surface area contributed by atoms with Crippen molar-refractivity contribution in [3.05, 3.63) is 77.9 Å². The number of rotatable bonds is 7. The number of aliphatic carboxylic acids is 1. The molecule has 0 saturated carbocycles. The normalized spacial score (nSPS) is 13.7. The molecular formula is C25H20N4O5Se. The first-order valence-corrected chi connectivity index (χ1v) is 12.4. The molecule has 10 heteroatoms. The molecule has 176 valence electrons. The van der Waals surface area contributed by atoms with Crippen LogP contribution in [0.25, 0.3) is 11.1 Å². The van der Waals surface area contributed by atoms with Crippen molar-refractivity contribution in [3.8, 4) is 11.1 Å². The van der Waals surface area contributed by atoms with Gasteiger partial charge in [-0.1, -0.05) is 48.5 Å². The topological polar surface area (TPSA) is 129 Å². The molecule has 0 radical (unpaired) electrons. The van der Waals surface area contributed by atoms with Gasteiger partial charge in [-0.3, -0.25) is 0 Å². The Hall–Kier alpha value is -4.01. The van der Waals surface area contributed by atoms with Gasteiger partial charge in [0.05, 0.1) is 0 Å². The average Bonchev–Trinajstić information content (AvgIpc) is 3.46. The summed E-state index contributed by atoms with van der Waals surface area (Å²) in [5.74, 6) is -2.06. The van der Waals surface area contributed by atoms with Gasteiger partial charge in [0.15, 0.2) is 0 Å². The Bertz CT molecular complexity index is 1370. The van der Waals surface area contributed by atoms with Crippen molar-refractivity contribution in [1.82, 2.24) is 5.32 Å². The van der Waals surface area contributed by atoms with Crippen molar-refractivity contribution in [3.63, 3.8) is 0 Å². The fraction of sp³-hybridized carbons (Fsp3) is 0.160. The molecule has 2 aliphatic rings. The third-order valence-electron chi connectivity index (χ3n) is 5.87. The van der Waals surface area contributed by atoms with Crippen LogP contribution in [-0.2, 0) is 14.3 Å². The van der Waals surface area contributed by atoms with E-state index < -0.39 is 30.4 Å². The second-order valence-corrected chi connectivity index (χ2v) is 9.16. The van der Waals surface area contributed by atoms with Gasteiger partial charge in [0.2, 0.25) is 0 Å². The van der Waals surface area contributed by atoms with Gasteiger partial charge in [-0.25, -0.2) is 0 Å². The number of carbonyl (C=O) groups excluding carboxylic acids is 2. The Morgan fingerprint density at radius 3 is 2.31 bits per heavy atom. The van der Waals surface area contributed by atoms with Crippen LogP contribution in [0.15, 0.2) is 74.7 Å². The number of nitrogens with one attached hydrogen (secondary N) is 2. The number of ether oxygens (including phenoxy) is 1. The zero-order chi connectivity index (χ0) is 24.4. The van der Waals surface area contributed by atoms with Crippen LogP contribution in [0.4, 0.5) is 21.9 Å². The van der Waals surface area contributed by atoms with Crippen molar-refractivity contribution < 1.29 is 24.2 Å². The molecule has 1 atom stereocenters. The molecule has 3 aromatic rings. The minimum atomic E-state index is -1.33. The molecule has 1 aliphatic heterocycles. The quantitative estimate of drug-likeness (QED) is 0.303. The van der Waals surface area contributed by atoms with Crippen LogP contribution < -0.4 is 10.6 Å². The van der Waals surface area contributed by atoms with Crippen molar-refractivity contribution >= 4 is 49.6 Å². The number of amides is 2. The summed E-state index contributed by atoms with van der Waals surface area (Å²) in [6, 6.07) is 19.7. The van der Waals surface area contributed by atoms with Crippen molar-refractivity contribution in [2.24, 2.45) is 7.92 Å². The molecule has 9 nitrogen and oxygen atoms in total. The number of hydrogen-bond donors (Lipinski definition) is 3. The maximum atomic E-state index is 12.9. The standard InChI is InChI=1S/C25H20N4O5Se/c30-22(31)12-21(24(32)26-19-10-5-11-20-23(19)29-35-28-20)27-25(33)34-13-18-16-8-3-1-6-14(16)15-7-2-4-9-17(15)18/h1-11,18,21H,12-13H2,(H,26,32)(H,27,33)(H,30,31). The van der Waals surface area contributed by atoms with Gasteiger partial charge >= 0.3 is 147 Å². The van der Waals surface area contributed by atoms with Crippen LogP contribution in [0.5, 0.6) is 0 Å². The van der Waals surface area contributed by atoms with Crippen LogP contribution in [0.2, 0.25) is 0 Å². The molecular weight excluding hydrogens is 515 g/mol. The van der Waals surface area contributed by atoms with Crippen molar-refractivity contribution in [2.45, 2.75) is 18.4 Å². The van der Waals surface area contributed by atoms with E-state index in [0.29, 0.717) is 17.1 Å². The van der Waals surface area contributed by atoms with Crippen molar-refractivity contribution in [1.29, 1.82) is 0 Å². The molecule has 0 fully saturated rings. The van der Waals surface area contributed by atoms with E-state index in [1.54, 1.807) is 18.2 Å². The fourth-order valence-corrected chi connectivity index (χ4v) is 5.45. The zero-order valence-corrected chi connectivity index (χ0v) is 20.0. The molecule has 5 rings (SSSR count). The number of carbonyl (C=O) groups is 3. The van der Waals surface area contributed by atoms with E-state index in [0.717, 1.165) is 22.3 Å². The summed E-state index contributed by atoms with van der Waals surface area (Å²) in [5, 5.41) is 14.3. The summed E-state index contributed by atoms with van der Waals surface area (Å²) in [7, 11) is 0. The fourth-order valence-electron chi connectivity index (χ4n) is 4.29. The van der Waals surface area contributed by atoms with Gasteiger partial charge in [0.1, 0.15) is 0 Å². The molecule has 0 saturated heterocycles. The summed E-state index contributed by atoms with van der Waals surface area (Å²) in [5.41, 5.74) is 5.92. The molecule has 3 N–H and O–H groups in total. The summed E-state index contributed by atoms with van der Waals surface area (Å²) >= 11 is -0.289. The molecule has 0 bridgehead atoms. The van der Waals surface area contributed by atoms with E-state index in [1.165, 1.54) is 0 Å². The number of benzene rings is 3. The summed E-state index contributed by atoms with van der Waals surface area (Å²) < 4.78 is 14.0. The van der Waals surface area contributed by atoms with E-state index >= 15 is 0 Å². The Morgan fingerprint density at radius 1 is 0.943 bits per heavy atom. The van der Waals surface area contributed by atoms with Crippen LogP contribution in [0.1, 0.15) is 23.5 Å². The third kappa shape index (κ3) is 4.66. The molecule has 35 heavy (non-hydrogen) atoms. The van der Waals surface area contributed by atoms with Gasteiger partial charge < -0.3 is 0 Å². The molecule has 1 unspecified atom stereocenters. The maximum absolute atomic E-state index is 12.9. The van der Waals surface area contributed by atoms with E-state index in [2.05, 4.69) is 18.6 Å². The molecule has 0 aromatic heterocycles. The monoisotopic (exact) mass is 536 g/mol. The molecule has 2 amide bonds. The first-order chi connectivity index (χ1) is 17.0. The zero-order valence-electron chi connectivity index (χ0n) is 18.3. The number of alkyl carbamates (subject to hydrolysis) is 1. The van der Waals surface area contributed by atoms with Gasteiger partial charge in [0.25, 0.3) is 0 Å². The molecule has 3 aromatic carbocycles. The van der Waals surface area contributed by atoms with Gasteiger partial charge in [0, 0.05) is 0 Å². The molecule has 1 aliphatic carbocycles. The van der Waals surface area contributed by atoms with Crippen LogP contribution in [0.3, 0.4) is 0 Å². The number of carboxylic acid groups (broad SMARTS) is 1. The molecule has 1 heterocycles. The number of anilines is 1. The number of hydrogen-bond acceptors (Lipinski definition) is 6. The van der Waals surface area contributed by atoms with E-state index in [4.69, 9.17) is 4.74 Å². The minimum absolute atomic E-state index is 0.0515. The average molecular weight is 535 g/mol. The Kier molecular flexibility index (Phi) is 6.31. The van der Waals surface area contributed by atoms with Crippen LogP contribution in [0, 0.1) is 0 Å². The Balaban J connectivity index is 1.27. The first-order valence-electron chi connectivity index (χ1n) is 10.9. The first kappa shape index (κ1) is 22.8. The number of nitrogens with zero attached hydrogens (tertiary/aromatic N) is 2. The summed E-state index contributed by atoms with van der Waals surface area (Å²) in [6.07, 6.45) is -1.47. The number of fused-ring (bicyclic) bond motifs is 4. The second kappa shape index (κ2) is 9.69. The van der Waals surface area contributed by atoms with E-state index in [9.17, 15) is 19.5 Å². The van der Waals surface area contributed by atoms with Crippen LogP contribution >= 0.6 is 0 Å². The van der Waals surface area contributed by atoms with Gasteiger partial charge in [-0.15, -0.1) is 0 Å². The van der Waals surface area contributed by atoms with Gasteiger partial charge in [-0.05, 0) is 11.1 Å². The predicted molar refractivity (Wildman–Crippen MR) is 129 cm³/mol. The SMILES string of the molecule is O=C(O)CC(NC(=O)OCC1c2ccccc2-c2ccccc21)C(=O)Nc1cccc2c1N=[Se]=N2. The Morgan fingerprint density at radius 2 is 1.63 bits per heavy atom. The predicted octanol–water partition coefficient (Wildman–Crippen LogP) is 4.36. The number of carboxylic acids is 1.